The van der Waals surface area contributed by atoms with Gasteiger partial charge in [0.15, 0.2) is 0 Å². The molecule has 0 radical (unpaired) electrons. The topological polar surface area (TPSA) is 65.5 Å². The Balaban J connectivity index is 2.02. The largest absolute Gasteiger partial charge is 0.383 e. The second kappa shape index (κ2) is 6.56. The van der Waals surface area contributed by atoms with E-state index in [0.29, 0.717) is 37.9 Å². The fraction of sp³-hybridized carbons (Fsp3) is 0.533. The summed E-state index contributed by atoms with van der Waals surface area (Å²) in [6.45, 7) is 7.94. The van der Waals surface area contributed by atoms with Gasteiger partial charge in [-0.2, -0.15) is 0 Å². The lowest BCUT2D eigenvalue weighted by Gasteiger charge is -2.34. The Bertz CT molecular complexity index is 522. The van der Waals surface area contributed by atoms with Crippen LogP contribution in [0.5, 0.6) is 0 Å². The maximum atomic E-state index is 12.4. The van der Waals surface area contributed by atoms with Gasteiger partial charge in [-0.05, 0) is 26.0 Å². The Morgan fingerprint density at radius 2 is 1.81 bits per heavy atom. The van der Waals surface area contributed by atoms with Crippen LogP contribution in [0.25, 0.3) is 0 Å². The van der Waals surface area contributed by atoms with Crippen LogP contribution in [0.2, 0.25) is 0 Å². The fourth-order valence-corrected chi connectivity index (χ4v) is 2.36. The van der Waals surface area contributed by atoms with Crippen LogP contribution in [0.1, 0.15) is 31.3 Å². The summed E-state index contributed by atoms with van der Waals surface area (Å²) in [5.74, 6) is -0.0195. The molecule has 114 valence electrons. The van der Waals surface area contributed by atoms with Gasteiger partial charge in [-0.25, -0.2) is 0 Å². The van der Waals surface area contributed by atoms with Crippen LogP contribution in [0.4, 0.5) is 5.69 Å². The minimum atomic E-state index is -0.0781. The van der Waals surface area contributed by atoms with E-state index in [9.17, 15) is 9.59 Å². The lowest BCUT2D eigenvalue weighted by molar-refractivity contribution is -0.130. The monoisotopic (exact) mass is 290 g/mol. The molecule has 1 aromatic heterocycles. The summed E-state index contributed by atoms with van der Waals surface area (Å²) in [5.41, 5.74) is 1.34. The van der Waals surface area contributed by atoms with Crippen molar-refractivity contribution in [3.8, 4) is 0 Å². The quantitative estimate of drug-likeness (QED) is 0.908. The normalized spacial score (nSPS) is 15.2. The fourth-order valence-electron chi connectivity index (χ4n) is 2.36. The molecule has 2 amide bonds. The van der Waals surface area contributed by atoms with Crippen molar-refractivity contribution in [1.29, 1.82) is 0 Å². The first kappa shape index (κ1) is 15.3. The van der Waals surface area contributed by atoms with Crippen molar-refractivity contribution < 1.29 is 9.59 Å². The Kier molecular flexibility index (Phi) is 4.77. The zero-order valence-electron chi connectivity index (χ0n) is 12.8. The molecule has 0 unspecified atom stereocenters. The van der Waals surface area contributed by atoms with Gasteiger partial charge in [0.05, 0.1) is 0 Å². The molecule has 21 heavy (non-hydrogen) atoms. The van der Waals surface area contributed by atoms with Gasteiger partial charge in [0.2, 0.25) is 5.91 Å². The molecule has 0 aliphatic carbocycles. The average molecular weight is 290 g/mol. The first-order chi connectivity index (χ1) is 9.97. The molecule has 6 nitrogen and oxygen atoms in total. The second-order valence-electron chi connectivity index (χ2n) is 5.53. The third kappa shape index (κ3) is 3.93. The Hall–Kier alpha value is -2.11. The van der Waals surface area contributed by atoms with Gasteiger partial charge in [-0.3, -0.25) is 14.6 Å². The molecule has 0 bridgehead atoms. The number of hydrogen-bond acceptors (Lipinski definition) is 4. The molecular weight excluding hydrogens is 268 g/mol. The number of rotatable bonds is 3. The van der Waals surface area contributed by atoms with Crippen LogP contribution in [0.15, 0.2) is 18.3 Å². The van der Waals surface area contributed by atoms with Crippen molar-refractivity contribution >= 4 is 17.5 Å². The molecule has 0 atom stereocenters. The predicted octanol–water partition coefficient (Wildman–Crippen LogP) is 1.21. The zero-order valence-corrected chi connectivity index (χ0v) is 12.8. The van der Waals surface area contributed by atoms with Gasteiger partial charge in [0.1, 0.15) is 5.69 Å². The van der Waals surface area contributed by atoms with Crippen LogP contribution < -0.4 is 5.32 Å². The first-order valence-corrected chi connectivity index (χ1v) is 7.24. The summed E-state index contributed by atoms with van der Waals surface area (Å²) in [4.78, 5) is 31.4. The van der Waals surface area contributed by atoms with Crippen molar-refractivity contribution in [3.63, 3.8) is 0 Å². The summed E-state index contributed by atoms with van der Waals surface area (Å²) in [6.07, 6.45) is 1.64. The lowest BCUT2D eigenvalue weighted by atomic mass is 10.2. The molecular formula is C15H22N4O2. The number of carbonyl (C=O) groups is 2. The molecule has 0 spiro atoms. The van der Waals surface area contributed by atoms with E-state index in [1.54, 1.807) is 29.0 Å². The Morgan fingerprint density at radius 3 is 2.38 bits per heavy atom. The van der Waals surface area contributed by atoms with E-state index in [0.717, 1.165) is 5.69 Å². The van der Waals surface area contributed by atoms with E-state index >= 15 is 0 Å². The molecule has 6 heteroatoms. The molecule has 1 fully saturated rings. The van der Waals surface area contributed by atoms with Crippen LogP contribution in [-0.4, -0.2) is 58.8 Å². The van der Waals surface area contributed by atoms with E-state index in [1.165, 1.54) is 0 Å². The van der Waals surface area contributed by atoms with E-state index in [4.69, 9.17) is 0 Å². The number of carbonyl (C=O) groups excluding carboxylic acids is 2. The van der Waals surface area contributed by atoms with Gasteiger partial charge >= 0.3 is 0 Å². The van der Waals surface area contributed by atoms with Crippen LogP contribution >= 0.6 is 0 Å². The standard InChI is InChI=1S/C15H22N4O2/c1-11(2)17-13-4-5-16-14(10-13)15(21)19-8-6-18(7-9-19)12(3)20/h4-5,10-11H,6-9H2,1-3H3,(H,16,17). The van der Waals surface area contributed by atoms with Crippen molar-refractivity contribution in [3.05, 3.63) is 24.0 Å². The summed E-state index contributed by atoms with van der Waals surface area (Å²) in [7, 11) is 0. The molecule has 2 rings (SSSR count). The zero-order chi connectivity index (χ0) is 15.4. The Labute approximate surface area is 125 Å². The van der Waals surface area contributed by atoms with Gasteiger partial charge in [0.25, 0.3) is 5.91 Å². The van der Waals surface area contributed by atoms with E-state index in [1.807, 2.05) is 19.9 Å². The second-order valence-corrected chi connectivity index (χ2v) is 5.53. The highest BCUT2D eigenvalue weighted by atomic mass is 16.2. The van der Waals surface area contributed by atoms with Gasteiger partial charge < -0.3 is 15.1 Å². The smallest absolute Gasteiger partial charge is 0.272 e. The van der Waals surface area contributed by atoms with Crippen LogP contribution in [0, 0.1) is 0 Å². The molecule has 2 heterocycles. The SMILES string of the molecule is CC(=O)N1CCN(C(=O)c2cc(NC(C)C)ccn2)CC1. The van der Waals surface area contributed by atoms with Crippen molar-refractivity contribution in [2.75, 3.05) is 31.5 Å². The highest BCUT2D eigenvalue weighted by Crippen LogP contribution is 2.13. The molecule has 1 saturated heterocycles. The summed E-state index contributed by atoms with van der Waals surface area (Å²) in [5, 5.41) is 3.26. The molecule has 1 N–H and O–H groups in total. The van der Waals surface area contributed by atoms with Crippen molar-refractivity contribution in [2.45, 2.75) is 26.8 Å². The van der Waals surface area contributed by atoms with Crippen molar-refractivity contribution in [2.24, 2.45) is 0 Å². The van der Waals surface area contributed by atoms with Gasteiger partial charge in [0, 0.05) is 51.0 Å². The average Bonchev–Trinajstić information content (AvgIpc) is 2.46. The third-order valence-corrected chi connectivity index (χ3v) is 3.45. The number of piperazine rings is 1. The van der Waals surface area contributed by atoms with Crippen LogP contribution in [-0.2, 0) is 4.79 Å². The predicted molar refractivity (Wildman–Crippen MR) is 81.2 cm³/mol. The molecule has 1 aromatic rings. The number of amides is 2. The van der Waals surface area contributed by atoms with Crippen molar-refractivity contribution in [1.82, 2.24) is 14.8 Å². The number of nitrogens with zero attached hydrogens (tertiary/aromatic N) is 3. The molecule has 0 aromatic carbocycles. The maximum absolute atomic E-state index is 12.4. The minimum Gasteiger partial charge on any atom is -0.383 e. The molecule has 0 saturated carbocycles. The maximum Gasteiger partial charge on any atom is 0.272 e. The van der Waals surface area contributed by atoms with E-state index in [2.05, 4.69) is 10.3 Å². The summed E-state index contributed by atoms with van der Waals surface area (Å²) >= 11 is 0. The highest BCUT2D eigenvalue weighted by molar-refractivity contribution is 5.93. The minimum absolute atomic E-state index is 0.0587. The molecule has 1 aliphatic rings. The third-order valence-electron chi connectivity index (χ3n) is 3.45. The summed E-state index contributed by atoms with van der Waals surface area (Å²) in [6, 6.07) is 3.93. The number of anilines is 1. The number of pyridine rings is 1. The number of nitrogens with one attached hydrogen (secondary N) is 1. The summed E-state index contributed by atoms with van der Waals surface area (Å²) < 4.78 is 0. The van der Waals surface area contributed by atoms with E-state index in [-0.39, 0.29) is 11.8 Å². The number of aromatic nitrogens is 1. The van der Waals surface area contributed by atoms with Gasteiger partial charge in [-0.15, -0.1) is 0 Å². The first-order valence-electron chi connectivity index (χ1n) is 7.24. The van der Waals surface area contributed by atoms with E-state index < -0.39 is 0 Å². The highest BCUT2D eigenvalue weighted by Gasteiger charge is 2.24. The number of hydrogen-bond donors (Lipinski definition) is 1. The Morgan fingerprint density at radius 1 is 1.19 bits per heavy atom. The van der Waals surface area contributed by atoms with Crippen LogP contribution in [0.3, 0.4) is 0 Å². The molecule has 1 aliphatic heterocycles. The lowest BCUT2D eigenvalue weighted by Crippen LogP contribution is -2.50. The van der Waals surface area contributed by atoms with Gasteiger partial charge in [-0.1, -0.05) is 0 Å².